The number of aromatic nitrogens is 1. The highest BCUT2D eigenvalue weighted by Gasteiger charge is 2.15. The molecule has 1 aromatic heterocycles. The van der Waals surface area contributed by atoms with Gasteiger partial charge in [-0.25, -0.2) is 4.98 Å². The van der Waals surface area contributed by atoms with E-state index in [2.05, 4.69) is 20.5 Å². The summed E-state index contributed by atoms with van der Waals surface area (Å²) >= 11 is 1.29. The van der Waals surface area contributed by atoms with Crippen molar-refractivity contribution in [3.63, 3.8) is 0 Å². The second kappa shape index (κ2) is 7.17. The number of hydrogen-bond donors (Lipinski definition) is 3. The smallest absolute Gasteiger partial charge is 0.265 e. The number of carbonyl (C=O) groups excluding carboxylic acids is 1. The lowest BCUT2D eigenvalue weighted by Gasteiger charge is -2.09. The van der Waals surface area contributed by atoms with Gasteiger partial charge in [-0.2, -0.15) is 0 Å². The monoisotopic (exact) mass is 271 g/mol. The highest BCUT2D eigenvalue weighted by molar-refractivity contribution is 7.18. The fraction of sp³-hybridized carbons (Fsp3) is 0.636. The van der Waals surface area contributed by atoms with Crippen LogP contribution in [0.3, 0.4) is 0 Å². The summed E-state index contributed by atoms with van der Waals surface area (Å²) in [5.41, 5.74) is 5.72. The molecular weight excluding hydrogens is 250 g/mol. The SMILES string of the molecule is CCNc1nc(N)c(C(=O)NCCCN(C)C)s1. The number of nitrogens with zero attached hydrogens (tertiary/aromatic N) is 2. The van der Waals surface area contributed by atoms with Crippen LogP contribution in [0.1, 0.15) is 23.0 Å². The second-order valence-corrected chi connectivity index (χ2v) is 5.18. The summed E-state index contributed by atoms with van der Waals surface area (Å²) in [6, 6.07) is 0. The number of carbonyl (C=O) groups is 1. The Hall–Kier alpha value is -1.34. The first-order valence-corrected chi connectivity index (χ1v) is 6.79. The van der Waals surface area contributed by atoms with E-state index in [0.717, 1.165) is 19.5 Å². The summed E-state index contributed by atoms with van der Waals surface area (Å²) in [4.78, 5) is 18.5. The minimum Gasteiger partial charge on any atom is -0.382 e. The van der Waals surface area contributed by atoms with Gasteiger partial charge in [0.15, 0.2) is 5.13 Å². The number of thiazole rings is 1. The average Bonchev–Trinajstić information content (AvgIpc) is 2.66. The standard InChI is InChI=1S/C11H21N5OS/c1-4-13-11-15-9(12)8(18-11)10(17)14-6-5-7-16(2)3/h4-7,12H2,1-3H3,(H,13,15)(H,14,17). The summed E-state index contributed by atoms with van der Waals surface area (Å²) in [7, 11) is 4.01. The fourth-order valence-electron chi connectivity index (χ4n) is 1.40. The summed E-state index contributed by atoms with van der Waals surface area (Å²) in [6.45, 7) is 4.32. The molecule has 0 aliphatic heterocycles. The lowest BCUT2D eigenvalue weighted by atomic mass is 10.4. The Labute approximate surface area is 112 Å². The maximum atomic E-state index is 11.9. The highest BCUT2D eigenvalue weighted by atomic mass is 32.1. The first-order valence-electron chi connectivity index (χ1n) is 5.97. The van der Waals surface area contributed by atoms with Crippen molar-refractivity contribution in [3.05, 3.63) is 4.88 Å². The normalized spacial score (nSPS) is 10.7. The van der Waals surface area contributed by atoms with E-state index >= 15 is 0 Å². The van der Waals surface area contributed by atoms with E-state index in [-0.39, 0.29) is 5.91 Å². The Morgan fingerprint density at radius 3 is 2.83 bits per heavy atom. The van der Waals surface area contributed by atoms with Crippen molar-refractivity contribution in [2.24, 2.45) is 0 Å². The lowest BCUT2D eigenvalue weighted by molar-refractivity contribution is 0.0957. The number of rotatable bonds is 7. The molecule has 0 aromatic carbocycles. The molecule has 1 aromatic rings. The molecule has 1 heterocycles. The van der Waals surface area contributed by atoms with E-state index in [0.29, 0.717) is 22.4 Å². The lowest BCUT2D eigenvalue weighted by Crippen LogP contribution is -2.27. The van der Waals surface area contributed by atoms with E-state index in [1.165, 1.54) is 11.3 Å². The maximum Gasteiger partial charge on any atom is 0.265 e. The third kappa shape index (κ3) is 4.50. The molecule has 0 spiro atoms. The van der Waals surface area contributed by atoms with Gasteiger partial charge in [-0.1, -0.05) is 11.3 Å². The van der Waals surface area contributed by atoms with E-state index < -0.39 is 0 Å². The maximum absolute atomic E-state index is 11.9. The highest BCUT2D eigenvalue weighted by Crippen LogP contribution is 2.24. The first-order chi connectivity index (χ1) is 8.54. The van der Waals surface area contributed by atoms with E-state index in [1.807, 2.05) is 21.0 Å². The Bertz CT molecular complexity index is 391. The quantitative estimate of drug-likeness (QED) is 0.640. The van der Waals surface area contributed by atoms with Crippen molar-refractivity contribution < 1.29 is 4.79 Å². The molecule has 1 rings (SSSR count). The fourth-order valence-corrected chi connectivity index (χ4v) is 2.27. The van der Waals surface area contributed by atoms with Crippen LogP contribution in [0.25, 0.3) is 0 Å². The zero-order valence-electron chi connectivity index (χ0n) is 11.1. The molecule has 0 bridgehead atoms. The van der Waals surface area contributed by atoms with Crippen molar-refractivity contribution >= 4 is 28.2 Å². The number of hydrogen-bond acceptors (Lipinski definition) is 6. The molecule has 0 unspecified atom stereocenters. The summed E-state index contributed by atoms with van der Waals surface area (Å²) in [5.74, 6) is 0.147. The molecule has 0 saturated heterocycles. The predicted octanol–water partition coefficient (Wildman–Crippen LogP) is 0.839. The van der Waals surface area contributed by atoms with E-state index in [4.69, 9.17) is 5.73 Å². The Balaban J connectivity index is 2.45. The van der Waals surface area contributed by atoms with Gasteiger partial charge in [0.05, 0.1) is 0 Å². The van der Waals surface area contributed by atoms with Gasteiger partial charge in [0.25, 0.3) is 5.91 Å². The topological polar surface area (TPSA) is 83.3 Å². The van der Waals surface area contributed by atoms with Gasteiger partial charge in [-0.15, -0.1) is 0 Å². The summed E-state index contributed by atoms with van der Waals surface area (Å²) in [5, 5.41) is 6.58. The Morgan fingerprint density at radius 2 is 2.22 bits per heavy atom. The van der Waals surface area contributed by atoms with Crippen LogP contribution in [0.2, 0.25) is 0 Å². The minimum absolute atomic E-state index is 0.145. The van der Waals surface area contributed by atoms with Gasteiger partial charge >= 0.3 is 0 Å². The second-order valence-electron chi connectivity index (χ2n) is 4.18. The molecule has 0 radical (unpaired) electrons. The Kier molecular flexibility index (Phi) is 5.87. The van der Waals surface area contributed by atoms with E-state index in [1.54, 1.807) is 0 Å². The molecule has 0 fully saturated rings. The van der Waals surface area contributed by atoms with Gasteiger partial charge < -0.3 is 21.3 Å². The third-order valence-corrected chi connectivity index (χ3v) is 3.28. The molecule has 7 heteroatoms. The van der Waals surface area contributed by atoms with Crippen LogP contribution in [0.15, 0.2) is 0 Å². The van der Waals surface area contributed by atoms with Crippen LogP contribution in [-0.2, 0) is 0 Å². The largest absolute Gasteiger partial charge is 0.382 e. The van der Waals surface area contributed by atoms with Gasteiger partial charge in [-0.3, -0.25) is 4.79 Å². The third-order valence-electron chi connectivity index (χ3n) is 2.26. The average molecular weight is 271 g/mol. The molecule has 0 saturated carbocycles. The zero-order chi connectivity index (χ0) is 13.5. The van der Waals surface area contributed by atoms with Gasteiger partial charge in [0, 0.05) is 13.1 Å². The Morgan fingerprint density at radius 1 is 1.50 bits per heavy atom. The van der Waals surface area contributed by atoms with Crippen LogP contribution in [0.4, 0.5) is 10.9 Å². The zero-order valence-corrected chi connectivity index (χ0v) is 11.9. The number of anilines is 2. The first kappa shape index (κ1) is 14.7. The van der Waals surface area contributed by atoms with Crippen molar-refractivity contribution in [2.45, 2.75) is 13.3 Å². The van der Waals surface area contributed by atoms with Crippen molar-refractivity contribution in [3.8, 4) is 0 Å². The summed E-state index contributed by atoms with van der Waals surface area (Å²) in [6.07, 6.45) is 0.914. The van der Waals surface area contributed by atoms with Crippen molar-refractivity contribution in [2.75, 3.05) is 44.8 Å². The minimum atomic E-state index is -0.145. The van der Waals surface area contributed by atoms with Gasteiger partial charge in [0.2, 0.25) is 0 Å². The van der Waals surface area contributed by atoms with Gasteiger partial charge in [0.1, 0.15) is 10.7 Å². The van der Waals surface area contributed by atoms with E-state index in [9.17, 15) is 4.79 Å². The molecule has 0 aliphatic carbocycles. The number of amides is 1. The molecule has 18 heavy (non-hydrogen) atoms. The van der Waals surface area contributed by atoms with Crippen molar-refractivity contribution in [1.29, 1.82) is 0 Å². The number of nitrogens with two attached hydrogens (primary N) is 1. The molecule has 102 valence electrons. The number of nitrogen functional groups attached to an aromatic ring is 1. The van der Waals surface area contributed by atoms with Gasteiger partial charge in [-0.05, 0) is 34.0 Å². The molecule has 1 amide bonds. The molecule has 0 aliphatic rings. The van der Waals surface area contributed by atoms with Crippen LogP contribution in [0.5, 0.6) is 0 Å². The molecule has 6 nitrogen and oxygen atoms in total. The molecule has 0 atom stereocenters. The predicted molar refractivity (Wildman–Crippen MR) is 76.2 cm³/mol. The van der Waals surface area contributed by atoms with Crippen LogP contribution in [-0.4, -0.2) is 49.5 Å². The van der Waals surface area contributed by atoms with Crippen LogP contribution < -0.4 is 16.4 Å². The van der Waals surface area contributed by atoms with Crippen LogP contribution >= 0.6 is 11.3 Å². The van der Waals surface area contributed by atoms with Crippen molar-refractivity contribution in [1.82, 2.24) is 15.2 Å². The number of nitrogens with one attached hydrogen (secondary N) is 2. The summed E-state index contributed by atoms with van der Waals surface area (Å²) < 4.78 is 0. The molecule has 4 N–H and O–H groups in total. The molecular formula is C11H21N5OS. The van der Waals surface area contributed by atoms with Crippen LogP contribution in [0, 0.1) is 0 Å².